The van der Waals surface area contributed by atoms with E-state index in [1.54, 1.807) is 23.0 Å². The van der Waals surface area contributed by atoms with E-state index in [0.717, 1.165) is 30.5 Å². The van der Waals surface area contributed by atoms with Gasteiger partial charge in [-0.3, -0.25) is 14.6 Å². The van der Waals surface area contributed by atoms with Crippen molar-refractivity contribution in [2.45, 2.75) is 39.2 Å². The van der Waals surface area contributed by atoms with Gasteiger partial charge in [-0.2, -0.15) is 0 Å². The highest BCUT2D eigenvalue weighted by atomic mass is 16.2. The number of carbonyl (C=O) groups is 2. The number of hydrogen-bond acceptors (Lipinski definition) is 3. The molecule has 1 aromatic rings. The molecule has 5 nitrogen and oxygen atoms in total. The fraction of sp³-hybridized carbons (Fsp3) is 0.562. The Labute approximate surface area is 126 Å². The van der Waals surface area contributed by atoms with E-state index < -0.39 is 0 Å². The molecule has 1 aliphatic heterocycles. The highest BCUT2D eigenvalue weighted by molar-refractivity contribution is 5.84. The molecule has 0 radical (unpaired) electrons. The van der Waals surface area contributed by atoms with Crippen LogP contribution in [-0.2, 0) is 16.1 Å². The van der Waals surface area contributed by atoms with E-state index in [1.807, 2.05) is 19.1 Å². The Morgan fingerprint density at radius 3 is 2.86 bits per heavy atom. The van der Waals surface area contributed by atoms with Crippen LogP contribution in [0.5, 0.6) is 0 Å². The summed E-state index contributed by atoms with van der Waals surface area (Å²) >= 11 is 0. The summed E-state index contributed by atoms with van der Waals surface area (Å²) < 4.78 is 0. The lowest BCUT2D eigenvalue weighted by Gasteiger charge is -2.24. The minimum Gasteiger partial charge on any atom is -0.338 e. The third-order valence-electron chi connectivity index (χ3n) is 3.80. The van der Waals surface area contributed by atoms with Gasteiger partial charge in [0.1, 0.15) is 0 Å². The van der Waals surface area contributed by atoms with Gasteiger partial charge in [0.15, 0.2) is 0 Å². The van der Waals surface area contributed by atoms with Crippen molar-refractivity contribution in [2.75, 3.05) is 20.1 Å². The number of aryl methyl sites for hydroxylation is 1. The van der Waals surface area contributed by atoms with Crippen molar-refractivity contribution in [3.8, 4) is 0 Å². The van der Waals surface area contributed by atoms with E-state index in [4.69, 9.17) is 0 Å². The second-order valence-corrected chi connectivity index (χ2v) is 5.70. The zero-order chi connectivity index (χ0) is 15.2. The molecule has 0 atom stereocenters. The van der Waals surface area contributed by atoms with Crippen molar-refractivity contribution < 1.29 is 9.59 Å². The zero-order valence-corrected chi connectivity index (χ0v) is 12.8. The molecular weight excluding hydrogens is 266 g/mol. The molecule has 2 heterocycles. The van der Waals surface area contributed by atoms with Gasteiger partial charge in [-0.25, -0.2) is 0 Å². The average Bonchev–Trinajstić information content (AvgIpc) is 2.66. The van der Waals surface area contributed by atoms with Crippen molar-refractivity contribution in [1.82, 2.24) is 14.8 Å². The molecule has 2 amide bonds. The second kappa shape index (κ2) is 7.20. The fourth-order valence-corrected chi connectivity index (χ4v) is 2.41. The van der Waals surface area contributed by atoms with Crippen LogP contribution in [0.2, 0.25) is 0 Å². The van der Waals surface area contributed by atoms with Crippen molar-refractivity contribution in [3.05, 3.63) is 29.6 Å². The van der Waals surface area contributed by atoms with Gasteiger partial charge in [0.25, 0.3) is 0 Å². The molecule has 0 unspecified atom stereocenters. The summed E-state index contributed by atoms with van der Waals surface area (Å²) in [5.41, 5.74) is 1.96. The maximum absolute atomic E-state index is 12.2. The maximum Gasteiger partial charge on any atom is 0.242 e. The summed E-state index contributed by atoms with van der Waals surface area (Å²) in [6, 6.07) is 3.91. The third-order valence-corrected chi connectivity index (χ3v) is 3.80. The number of hydrogen-bond donors (Lipinski definition) is 0. The molecule has 114 valence electrons. The number of rotatable bonds is 4. The Morgan fingerprint density at radius 1 is 1.33 bits per heavy atom. The number of aromatic nitrogens is 1. The van der Waals surface area contributed by atoms with Crippen LogP contribution in [0.3, 0.4) is 0 Å². The quantitative estimate of drug-likeness (QED) is 0.848. The molecule has 1 fully saturated rings. The predicted octanol–water partition coefficient (Wildman–Crippen LogP) is 1.75. The molecule has 0 aromatic carbocycles. The molecule has 1 saturated heterocycles. The van der Waals surface area contributed by atoms with Crippen LogP contribution in [0.1, 0.15) is 36.9 Å². The standard InChI is InChI=1S/C16H23N3O2/c1-13-7-8-14(17-10-13)11-18(2)16(21)12-19-9-5-3-4-6-15(19)20/h7-8,10H,3-6,9,11-12H2,1-2H3. The SMILES string of the molecule is Cc1ccc(CN(C)C(=O)CN2CCCCCC2=O)nc1. The van der Waals surface area contributed by atoms with Crippen molar-refractivity contribution in [3.63, 3.8) is 0 Å². The first-order chi connectivity index (χ1) is 10.1. The van der Waals surface area contributed by atoms with Crippen LogP contribution in [0.15, 0.2) is 18.3 Å². The minimum absolute atomic E-state index is 0.0346. The number of likely N-dealkylation sites (N-methyl/N-ethyl adjacent to an activating group) is 1. The van der Waals surface area contributed by atoms with Crippen LogP contribution < -0.4 is 0 Å². The molecule has 1 aliphatic rings. The number of pyridine rings is 1. The second-order valence-electron chi connectivity index (χ2n) is 5.70. The lowest BCUT2D eigenvalue weighted by molar-refractivity contribution is -0.139. The Bertz CT molecular complexity index is 499. The Balaban J connectivity index is 1.89. The predicted molar refractivity (Wildman–Crippen MR) is 80.5 cm³/mol. The Hall–Kier alpha value is -1.91. The van der Waals surface area contributed by atoms with E-state index in [9.17, 15) is 9.59 Å². The van der Waals surface area contributed by atoms with Crippen LogP contribution in [0.25, 0.3) is 0 Å². The topological polar surface area (TPSA) is 53.5 Å². The summed E-state index contributed by atoms with van der Waals surface area (Å²) in [4.78, 5) is 31.8. The average molecular weight is 289 g/mol. The van der Waals surface area contributed by atoms with E-state index in [-0.39, 0.29) is 18.4 Å². The summed E-state index contributed by atoms with van der Waals surface area (Å²) in [5, 5.41) is 0. The smallest absolute Gasteiger partial charge is 0.242 e. The van der Waals surface area contributed by atoms with E-state index >= 15 is 0 Å². The van der Waals surface area contributed by atoms with Crippen LogP contribution in [0, 0.1) is 6.92 Å². The van der Waals surface area contributed by atoms with Gasteiger partial charge >= 0.3 is 0 Å². The van der Waals surface area contributed by atoms with Gasteiger partial charge < -0.3 is 9.80 Å². The summed E-state index contributed by atoms with van der Waals surface area (Å²) in [6.07, 6.45) is 5.36. The monoisotopic (exact) mass is 289 g/mol. The van der Waals surface area contributed by atoms with Crippen LogP contribution in [-0.4, -0.2) is 46.7 Å². The molecule has 0 saturated carbocycles. The minimum atomic E-state index is -0.0346. The molecule has 1 aromatic heterocycles. The molecule has 0 spiro atoms. The normalized spacial score (nSPS) is 15.7. The number of amides is 2. The van der Waals surface area contributed by atoms with Gasteiger partial charge in [-0.15, -0.1) is 0 Å². The van der Waals surface area contributed by atoms with Gasteiger partial charge in [0, 0.05) is 26.2 Å². The first kappa shape index (κ1) is 15.5. The summed E-state index contributed by atoms with van der Waals surface area (Å²) in [6.45, 7) is 3.33. The molecule has 0 bridgehead atoms. The van der Waals surface area contributed by atoms with Gasteiger partial charge in [-0.1, -0.05) is 12.5 Å². The lowest BCUT2D eigenvalue weighted by Crippen LogP contribution is -2.41. The molecular formula is C16H23N3O2. The maximum atomic E-state index is 12.2. The van der Waals surface area contributed by atoms with Crippen molar-refractivity contribution in [1.29, 1.82) is 0 Å². The highest BCUT2D eigenvalue weighted by Gasteiger charge is 2.21. The van der Waals surface area contributed by atoms with Gasteiger partial charge in [0.2, 0.25) is 11.8 Å². The number of nitrogens with zero attached hydrogens (tertiary/aromatic N) is 3. The number of carbonyl (C=O) groups excluding carboxylic acids is 2. The Morgan fingerprint density at radius 2 is 2.14 bits per heavy atom. The Kier molecular flexibility index (Phi) is 5.31. The van der Waals surface area contributed by atoms with E-state index in [1.165, 1.54) is 0 Å². The van der Waals surface area contributed by atoms with Crippen LogP contribution in [0.4, 0.5) is 0 Å². The highest BCUT2D eigenvalue weighted by Crippen LogP contribution is 2.11. The van der Waals surface area contributed by atoms with E-state index in [2.05, 4.69) is 4.98 Å². The third kappa shape index (κ3) is 4.55. The van der Waals surface area contributed by atoms with Gasteiger partial charge in [0.05, 0.1) is 18.8 Å². The lowest BCUT2D eigenvalue weighted by atomic mass is 10.2. The molecule has 0 N–H and O–H groups in total. The summed E-state index contributed by atoms with van der Waals surface area (Å²) in [5.74, 6) is 0.0651. The first-order valence-corrected chi connectivity index (χ1v) is 7.49. The molecule has 5 heteroatoms. The number of likely N-dealkylation sites (tertiary alicyclic amines) is 1. The fourth-order valence-electron chi connectivity index (χ4n) is 2.41. The molecule has 0 aliphatic carbocycles. The largest absolute Gasteiger partial charge is 0.338 e. The van der Waals surface area contributed by atoms with Crippen molar-refractivity contribution in [2.24, 2.45) is 0 Å². The molecule has 21 heavy (non-hydrogen) atoms. The first-order valence-electron chi connectivity index (χ1n) is 7.49. The van der Waals surface area contributed by atoms with Gasteiger partial charge in [-0.05, 0) is 31.4 Å². The zero-order valence-electron chi connectivity index (χ0n) is 12.8. The molecule has 2 rings (SSSR count). The summed E-state index contributed by atoms with van der Waals surface area (Å²) in [7, 11) is 1.76. The van der Waals surface area contributed by atoms with Crippen LogP contribution >= 0.6 is 0 Å². The van der Waals surface area contributed by atoms with E-state index in [0.29, 0.717) is 19.5 Å². The van der Waals surface area contributed by atoms with Crippen molar-refractivity contribution >= 4 is 11.8 Å².